The molecule has 0 bridgehead atoms. The summed E-state index contributed by atoms with van der Waals surface area (Å²) in [4.78, 5) is 19.5. The van der Waals surface area contributed by atoms with E-state index in [2.05, 4.69) is 40.9 Å². The van der Waals surface area contributed by atoms with Crippen LogP contribution in [0, 0.1) is 0 Å². The number of ether oxygens (including phenoxy) is 2. The Balaban J connectivity index is 1.03. The second kappa shape index (κ2) is 20.0. The van der Waals surface area contributed by atoms with Crippen LogP contribution in [0.1, 0.15) is 0 Å². The van der Waals surface area contributed by atoms with E-state index < -0.39 is 73.6 Å². The standard InChI is InChI=1S/C48H31N9O16S3/c49-43-42-26(7-12-38(48(42)62)55-50-27-9-10-32-24(15-27)6-11-37(46(32)60)54-52-29-18-30(72-22-58)21-31(19-29)73-23-59)17-40(75(66,67)68)44(43)56-51-28-8-5-25-16-41(76(69,70)71)45(47(61)35(25)20-28)57-53-36-13-14-39(74(63,64)65)34-4-2-1-3-33(34)36/h1-23,60-62H,49H2,(H,63,64,65)(H,66,67,68)(H,69,70,71). The van der Waals surface area contributed by atoms with Crippen LogP contribution in [-0.2, 0) is 39.9 Å². The first-order chi connectivity index (χ1) is 36.1. The Labute approximate surface area is 426 Å². The fraction of sp³-hybridized carbons (Fsp3) is 0. The lowest BCUT2D eigenvalue weighted by atomic mass is 10.1. The van der Waals surface area contributed by atoms with Gasteiger partial charge in [-0.3, -0.25) is 23.2 Å². The van der Waals surface area contributed by atoms with Crippen molar-refractivity contribution in [2.75, 3.05) is 5.73 Å². The predicted molar refractivity (Wildman–Crippen MR) is 271 cm³/mol. The number of rotatable bonds is 15. The van der Waals surface area contributed by atoms with Crippen LogP contribution in [0.2, 0.25) is 0 Å². The third kappa shape index (κ3) is 10.3. The smallest absolute Gasteiger partial charge is 0.298 e. The highest BCUT2D eigenvalue weighted by Crippen LogP contribution is 2.47. The Morgan fingerprint density at radius 3 is 1.57 bits per heavy atom. The van der Waals surface area contributed by atoms with Crippen molar-refractivity contribution in [2.45, 2.75) is 14.7 Å². The number of nitrogens with two attached hydrogens (primary N) is 1. The van der Waals surface area contributed by atoms with E-state index in [0.29, 0.717) is 10.8 Å². The summed E-state index contributed by atoms with van der Waals surface area (Å²) >= 11 is 0. The van der Waals surface area contributed by atoms with Crippen molar-refractivity contribution in [3.63, 3.8) is 0 Å². The summed E-state index contributed by atoms with van der Waals surface area (Å²) in [5, 5.41) is 67.2. The molecule has 9 rings (SSSR count). The lowest BCUT2D eigenvalue weighted by Gasteiger charge is -2.12. The van der Waals surface area contributed by atoms with E-state index >= 15 is 0 Å². The second-order valence-electron chi connectivity index (χ2n) is 15.9. The van der Waals surface area contributed by atoms with Crippen LogP contribution in [0.3, 0.4) is 0 Å². The summed E-state index contributed by atoms with van der Waals surface area (Å²) in [5.74, 6) is -1.67. The molecule has 0 heterocycles. The van der Waals surface area contributed by atoms with Gasteiger partial charge >= 0.3 is 0 Å². The SMILES string of the molecule is Nc1c(N=Nc2ccc3cc(S(=O)(=O)O)c(N=Nc4ccc(S(=O)(=O)O)c5ccccc45)c(O)c3c2)c(S(=O)(=O)O)cc2ccc(N=Nc3ccc4c(O)c(N=Nc5cc(OC=O)cc(OC=O)c5)ccc4c3)c(O)c12. The van der Waals surface area contributed by atoms with E-state index in [1.807, 2.05) is 0 Å². The van der Waals surface area contributed by atoms with Gasteiger partial charge in [-0.25, -0.2) is 0 Å². The first kappa shape index (κ1) is 51.2. The molecule has 8 N–H and O–H groups in total. The normalized spacial score (nSPS) is 12.6. The van der Waals surface area contributed by atoms with Crippen LogP contribution in [0.25, 0.3) is 43.1 Å². The summed E-state index contributed by atoms with van der Waals surface area (Å²) in [6.45, 7) is 0.342. The average Bonchev–Trinajstić information content (AvgIpc) is 3.39. The Morgan fingerprint density at radius 2 is 0.908 bits per heavy atom. The molecule has 0 spiro atoms. The molecule has 0 amide bonds. The largest absolute Gasteiger partial charge is 0.505 e. The van der Waals surface area contributed by atoms with Crippen molar-refractivity contribution in [1.82, 2.24) is 0 Å². The molecule has 0 fully saturated rings. The van der Waals surface area contributed by atoms with E-state index in [9.17, 15) is 63.8 Å². The maximum atomic E-state index is 12.7. The number of hydrogen-bond acceptors (Lipinski definition) is 22. The fourth-order valence-corrected chi connectivity index (χ4v) is 9.85. The summed E-state index contributed by atoms with van der Waals surface area (Å²) in [7, 11) is -14.9. The van der Waals surface area contributed by atoms with Crippen LogP contribution in [-0.4, -0.2) is 67.2 Å². The number of fused-ring (bicyclic) bond motifs is 4. The highest BCUT2D eigenvalue weighted by atomic mass is 32.2. The van der Waals surface area contributed by atoms with E-state index in [4.69, 9.17) is 15.2 Å². The Bertz CT molecular complexity index is 4410. The van der Waals surface area contributed by atoms with Crippen molar-refractivity contribution < 1.29 is 73.3 Å². The number of carbonyl (C=O) groups excluding carboxylic acids is 2. The summed E-state index contributed by atoms with van der Waals surface area (Å²) in [5.41, 5.74) is 4.67. The average molecular weight is 1090 g/mol. The van der Waals surface area contributed by atoms with Gasteiger partial charge in [0.1, 0.15) is 48.9 Å². The van der Waals surface area contributed by atoms with E-state index in [-0.39, 0.29) is 96.6 Å². The summed E-state index contributed by atoms with van der Waals surface area (Å²) in [6, 6.07) is 27.9. The minimum absolute atomic E-state index is 0.0146. The molecule has 0 aliphatic rings. The van der Waals surface area contributed by atoms with Crippen LogP contribution in [0.4, 0.5) is 51.2 Å². The number of phenolic OH excluding ortho intramolecular Hbond substituents is 3. The first-order valence-corrected chi connectivity index (χ1v) is 25.6. The molecule has 25 nitrogen and oxygen atoms in total. The Kier molecular flexibility index (Phi) is 13.4. The fourth-order valence-electron chi connectivity index (χ4n) is 7.82. The summed E-state index contributed by atoms with van der Waals surface area (Å²) < 4.78 is 114. The number of nitrogen functional groups attached to an aromatic ring is 1. The van der Waals surface area contributed by atoms with Crippen LogP contribution in [0.15, 0.2) is 183 Å². The lowest BCUT2D eigenvalue weighted by molar-refractivity contribution is -0.121. The molecule has 76 heavy (non-hydrogen) atoms. The molecule has 28 heteroatoms. The third-order valence-corrected chi connectivity index (χ3v) is 13.9. The van der Waals surface area contributed by atoms with Crippen molar-refractivity contribution in [2.24, 2.45) is 40.9 Å². The zero-order valence-electron chi connectivity index (χ0n) is 37.9. The molecule has 382 valence electrons. The maximum absolute atomic E-state index is 12.7. The van der Waals surface area contributed by atoms with E-state index in [1.165, 1.54) is 97.1 Å². The van der Waals surface area contributed by atoms with Crippen molar-refractivity contribution >= 4 is 138 Å². The van der Waals surface area contributed by atoms with Crippen molar-refractivity contribution in [3.05, 3.63) is 127 Å². The number of anilines is 1. The van der Waals surface area contributed by atoms with Gasteiger partial charge in [0, 0.05) is 39.7 Å². The Morgan fingerprint density at radius 1 is 0.408 bits per heavy atom. The minimum atomic E-state index is -5.09. The zero-order valence-corrected chi connectivity index (χ0v) is 40.4. The molecule has 0 saturated heterocycles. The summed E-state index contributed by atoms with van der Waals surface area (Å²) in [6.07, 6.45) is 0. The molecule has 9 aromatic carbocycles. The molecule has 0 radical (unpaired) electrons. The van der Waals surface area contributed by atoms with Crippen LogP contribution < -0.4 is 15.2 Å². The Hall–Kier alpha value is -9.71. The first-order valence-electron chi connectivity index (χ1n) is 21.2. The number of hydrogen-bond donors (Lipinski definition) is 7. The topological polar surface area (TPSA) is 401 Å². The van der Waals surface area contributed by atoms with Gasteiger partial charge in [-0.05, 0) is 82.9 Å². The van der Waals surface area contributed by atoms with Gasteiger partial charge in [-0.2, -0.15) is 40.6 Å². The zero-order chi connectivity index (χ0) is 54.3. The third-order valence-electron chi connectivity index (χ3n) is 11.2. The predicted octanol–water partition coefficient (Wildman–Crippen LogP) is 11.5. The van der Waals surface area contributed by atoms with Gasteiger partial charge in [-0.1, -0.05) is 42.5 Å². The highest BCUT2D eigenvalue weighted by Gasteiger charge is 2.25. The molecule has 0 aliphatic heterocycles. The van der Waals surface area contributed by atoms with E-state index in [1.54, 1.807) is 12.1 Å². The highest BCUT2D eigenvalue weighted by molar-refractivity contribution is 7.86. The van der Waals surface area contributed by atoms with E-state index in [0.717, 1.165) is 18.2 Å². The van der Waals surface area contributed by atoms with Gasteiger partial charge in [0.05, 0.1) is 33.8 Å². The second-order valence-corrected chi connectivity index (χ2v) is 20.1. The monoisotopic (exact) mass is 1090 g/mol. The number of phenols is 3. The van der Waals surface area contributed by atoms with Gasteiger partial charge < -0.3 is 30.5 Å². The van der Waals surface area contributed by atoms with Crippen LogP contribution in [0.5, 0.6) is 28.7 Å². The number of nitrogens with zero attached hydrogens (tertiary/aromatic N) is 8. The molecule has 9 aromatic rings. The number of benzene rings is 9. The molecule has 0 unspecified atom stereocenters. The molecule has 0 aliphatic carbocycles. The molecule has 0 saturated carbocycles. The lowest BCUT2D eigenvalue weighted by Crippen LogP contribution is -2.01. The van der Waals surface area contributed by atoms with Crippen molar-refractivity contribution in [3.8, 4) is 28.7 Å². The van der Waals surface area contributed by atoms with Gasteiger partial charge in [0.2, 0.25) is 0 Å². The number of aromatic hydroxyl groups is 3. The maximum Gasteiger partial charge on any atom is 0.298 e. The van der Waals surface area contributed by atoms with Gasteiger partial charge in [-0.15, -0.1) is 25.6 Å². The number of azo groups is 4. The molecule has 0 aromatic heterocycles. The van der Waals surface area contributed by atoms with Gasteiger partial charge in [0.25, 0.3) is 43.3 Å². The molecular weight excluding hydrogens is 1050 g/mol. The number of carbonyl (C=O) groups is 2. The van der Waals surface area contributed by atoms with Crippen LogP contribution >= 0.6 is 0 Å². The molecule has 0 atom stereocenters. The molecular formula is C48H31N9O16S3. The quantitative estimate of drug-likeness (QED) is 0.0217. The van der Waals surface area contributed by atoms with Crippen molar-refractivity contribution in [1.29, 1.82) is 0 Å². The minimum Gasteiger partial charge on any atom is -0.505 e. The van der Waals surface area contributed by atoms with Gasteiger partial charge in [0.15, 0.2) is 17.2 Å².